The fourth-order valence-electron chi connectivity index (χ4n) is 3.51. The van der Waals surface area contributed by atoms with Crippen LogP contribution >= 0.6 is 0 Å². The van der Waals surface area contributed by atoms with Gasteiger partial charge in [-0.05, 0) is 25.1 Å². The van der Waals surface area contributed by atoms with Gasteiger partial charge in [0.2, 0.25) is 12.5 Å². The monoisotopic (exact) mass is 310 g/mol. The highest BCUT2D eigenvalue weighted by Crippen LogP contribution is 2.49. The van der Waals surface area contributed by atoms with Crippen molar-refractivity contribution in [3.8, 4) is 17.2 Å². The molecule has 3 atom stereocenters. The summed E-state index contributed by atoms with van der Waals surface area (Å²) in [5, 5.41) is 20.5. The molecule has 0 spiro atoms. The van der Waals surface area contributed by atoms with Gasteiger partial charge in [0.15, 0.2) is 11.5 Å². The standard InChI is InChI=1S/C15H22N2O5/c1-4-10(17(18)19)13-12-9(5-6-16(13)2)7-11-14(15(12)20-3)22-8-21-11/h7,10,13,17-18H,4-6,8H2,1-3H3/t10-,13-/m1/s1. The van der Waals surface area contributed by atoms with Gasteiger partial charge < -0.3 is 19.4 Å². The average Bonchev–Trinajstić information content (AvgIpc) is 2.95. The van der Waals surface area contributed by atoms with Gasteiger partial charge in [-0.15, -0.1) is 0 Å². The zero-order valence-corrected chi connectivity index (χ0v) is 13.1. The molecule has 2 N–H and O–H groups in total. The maximum atomic E-state index is 11.7. The third-order valence-electron chi connectivity index (χ3n) is 4.59. The van der Waals surface area contributed by atoms with E-state index >= 15 is 0 Å². The molecule has 1 unspecified atom stereocenters. The number of ether oxygens (including phenoxy) is 3. The third-order valence-corrected chi connectivity index (χ3v) is 4.59. The second-order valence-electron chi connectivity index (χ2n) is 5.74. The minimum absolute atomic E-state index is 0.172. The molecular weight excluding hydrogens is 288 g/mol. The van der Waals surface area contributed by atoms with Gasteiger partial charge in [-0.3, -0.25) is 4.90 Å². The van der Waals surface area contributed by atoms with Gasteiger partial charge in [-0.25, -0.2) is 10.4 Å². The lowest BCUT2D eigenvalue weighted by molar-refractivity contribution is -1.07. The molecule has 0 saturated carbocycles. The first kappa shape index (κ1) is 15.4. The van der Waals surface area contributed by atoms with Crippen LogP contribution in [-0.4, -0.2) is 43.6 Å². The van der Waals surface area contributed by atoms with Gasteiger partial charge in [0.25, 0.3) is 0 Å². The molecule has 3 rings (SSSR count). The van der Waals surface area contributed by atoms with Crippen LogP contribution in [0.25, 0.3) is 0 Å². The van der Waals surface area contributed by atoms with Crippen LogP contribution in [0, 0.1) is 5.21 Å². The number of hydroxylamine groups is 2. The summed E-state index contributed by atoms with van der Waals surface area (Å²) >= 11 is 0. The highest BCUT2D eigenvalue weighted by Gasteiger charge is 2.40. The van der Waals surface area contributed by atoms with E-state index in [2.05, 4.69) is 4.90 Å². The Kier molecular flexibility index (Phi) is 4.14. The quantitative estimate of drug-likeness (QED) is 0.789. The molecule has 122 valence electrons. The molecule has 22 heavy (non-hydrogen) atoms. The van der Waals surface area contributed by atoms with Gasteiger partial charge in [0.05, 0.1) is 13.2 Å². The van der Waals surface area contributed by atoms with Crippen LogP contribution < -0.4 is 19.4 Å². The Morgan fingerprint density at radius 3 is 2.95 bits per heavy atom. The molecule has 1 aromatic carbocycles. The molecule has 7 heteroatoms. The van der Waals surface area contributed by atoms with Crippen molar-refractivity contribution in [1.82, 2.24) is 4.90 Å². The van der Waals surface area contributed by atoms with E-state index in [0.29, 0.717) is 23.7 Å². The molecule has 0 aliphatic carbocycles. The lowest BCUT2D eigenvalue weighted by Gasteiger charge is -2.41. The van der Waals surface area contributed by atoms with Gasteiger partial charge in [0, 0.05) is 18.5 Å². The second-order valence-corrected chi connectivity index (χ2v) is 5.74. The number of fused-ring (bicyclic) bond motifs is 2. The Morgan fingerprint density at radius 2 is 2.32 bits per heavy atom. The molecular formula is C15H22N2O5. The van der Waals surface area contributed by atoms with E-state index in [-0.39, 0.29) is 12.8 Å². The van der Waals surface area contributed by atoms with Crippen LogP contribution in [0.5, 0.6) is 17.2 Å². The zero-order chi connectivity index (χ0) is 15.9. The lowest BCUT2D eigenvalue weighted by atomic mass is 9.86. The van der Waals surface area contributed by atoms with Crippen LogP contribution in [0.15, 0.2) is 6.07 Å². The number of rotatable bonds is 4. The highest BCUT2D eigenvalue weighted by molar-refractivity contribution is 5.62. The fraction of sp³-hybridized carbons (Fsp3) is 0.600. The molecule has 2 heterocycles. The summed E-state index contributed by atoms with van der Waals surface area (Å²) in [6.45, 7) is 2.88. The third kappa shape index (κ3) is 2.30. The number of nitrogens with one attached hydrogen (secondary N) is 1. The first-order valence-electron chi connectivity index (χ1n) is 7.50. The summed E-state index contributed by atoms with van der Waals surface area (Å²) in [6, 6.07) is 1.25. The Bertz CT molecular complexity index is 563. The van der Waals surface area contributed by atoms with Crippen molar-refractivity contribution in [2.45, 2.75) is 31.8 Å². The number of methoxy groups -OCH3 is 1. The van der Waals surface area contributed by atoms with Crippen LogP contribution in [0.1, 0.15) is 30.5 Å². The maximum Gasteiger partial charge on any atom is 0.231 e. The lowest BCUT2D eigenvalue weighted by Crippen LogP contribution is -3.10. The van der Waals surface area contributed by atoms with E-state index in [4.69, 9.17) is 14.2 Å². The summed E-state index contributed by atoms with van der Waals surface area (Å²) in [6.07, 6.45) is 1.40. The molecule has 0 fully saturated rings. The highest BCUT2D eigenvalue weighted by atomic mass is 16.8. The summed E-state index contributed by atoms with van der Waals surface area (Å²) < 4.78 is 16.6. The Morgan fingerprint density at radius 1 is 1.55 bits per heavy atom. The summed E-state index contributed by atoms with van der Waals surface area (Å²) in [5.74, 6) is 1.88. The van der Waals surface area contributed by atoms with Crippen molar-refractivity contribution in [2.75, 3.05) is 27.5 Å². The molecule has 2 aliphatic rings. The summed E-state index contributed by atoms with van der Waals surface area (Å²) in [5.41, 5.74) is 2.01. The predicted molar refractivity (Wildman–Crippen MR) is 78.4 cm³/mol. The van der Waals surface area contributed by atoms with Crippen molar-refractivity contribution < 1.29 is 24.6 Å². The van der Waals surface area contributed by atoms with Gasteiger partial charge in [0.1, 0.15) is 6.04 Å². The van der Waals surface area contributed by atoms with Crippen molar-refractivity contribution in [2.24, 2.45) is 0 Å². The predicted octanol–water partition coefficient (Wildman–Crippen LogP) is 0.503. The summed E-state index contributed by atoms with van der Waals surface area (Å²) in [7, 11) is 3.55. The molecule has 7 nitrogen and oxygen atoms in total. The van der Waals surface area contributed by atoms with Crippen molar-refractivity contribution in [3.63, 3.8) is 0 Å². The van der Waals surface area contributed by atoms with E-state index in [1.165, 1.54) is 0 Å². The van der Waals surface area contributed by atoms with Crippen LogP contribution in [-0.2, 0) is 6.42 Å². The van der Waals surface area contributed by atoms with Gasteiger partial charge >= 0.3 is 0 Å². The Balaban J connectivity index is 2.16. The molecule has 0 saturated heterocycles. The van der Waals surface area contributed by atoms with E-state index in [9.17, 15) is 10.4 Å². The van der Waals surface area contributed by atoms with Gasteiger partial charge in [-0.1, -0.05) is 6.92 Å². The zero-order valence-electron chi connectivity index (χ0n) is 13.1. The Hall–Kier alpha value is -1.54. The SMILES string of the molecule is CC[C@H]([C@@H]1c2c(cc3c(c2OC)OCO3)CCN1C)[NH+]([O-])O. The molecule has 0 radical (unpaired) electrons. The number of benzene rings is 1. The van der Waals surface area contributed by atoms with Crippen LogP contribution in [0.2, 0.25) is 0 Å². The number of likely N-dealkylation sites (N-methyl/N-ethyl adjacent to an activating group) is 1. The smallest absolute Gasteiger partial charge is 0.231 e. The van der Waals surface area contributed by atoms with E-state index < -0.39 is 11.3 Å². The minimum atomic E-state index is -0.785. The summed E-state index contributed by atoms with van der Waals surface area (Å²) in [4.78, 5) is 2.09. The molecule has 0 aromatic heterocycles. The average molecular weight is 310 g/mol. The number of quaternary nitrogens is 1. The topological polar surface area (TPSA) is 78.7 Å². The number of nitrogens with zero attached hydrogens (tertiary/aromatic N) is 1. The van der Waals surface area contributed by atoms with Crippen molar-refractivity contribution in [3.05, 3.63) is 22.4 Å². The normalized spacial score (nSPS) is 23.0. The number of hydrogen-bond acceptors (Lipinski definition) is 6. The largest absolute Gasteiger partial charge is 0.600 e. The molecule has 0 bridgehead atoms. The second kappa shape index (κ2) is 5.92. The first-order chi connectivity index (χ1) is 10.6. The number of hydrogen-bond donors (Lipinski definition) is 2. The van der Waals surface area contributed by atoms with E-state index in [1.54, 1.807) is 7.11 Å². The first-order valence-corrected chi connectivity index (χ1v) is 7.50. The molecule has 0 amide bonds. The molecule has 1 aromatic rings. The van der Waals surface area contributed by atoms with Crippen molar-refractivity contribution in [1.29, 1.82) is 0 Å². The maximum absolute atomic E-state index is 11.7. The van der Waals surface area contributed by atoms with Crippen LogP contribution in [0.3, 0.4) is 0 Å². The van der Waals surface area contributed by atoms with Gasteiger partial charge in [-0.2, -0.15) is 0 Å². The minimum Gasteiger partial charge on any atom is -0.600 e. The van der Waals surface area contributed by atoms with Crippen molar-refractivity contribution >= 4 is 0 Å². The Labute approximate surface area is 129 Å². The van der Waals surface area contributed by atoms with Crippen LogP contribution in [0.4, 0.5) is 0 Å². The fourth-order valence-corrected chi connectivity index (χ4v) is 3.51. The van der Waals surface area contributed by atoms with E-state index in [0.717, 1.165) is 24.1 Å². The molecule has 2 aliphatic heterocycles. The van der Waals surface area contributed by atoms with E-state index in [1.807, 2.05) is 20.0 Å².